The predicted octanol–water partition coefficient (Wildman–Crippen LogP) is 0.295. The summed E-state index contributed by atoms with van der Waals surface area (Å²) in [4.78, 5) is 27.2. The van der Waals surface area contributed by atoms with Crippen molar-refractivity contribution >= 4 is 23.2 Å². The van der Waals surface area contributed by atoms with Gasteiger partial charge in [-0.25, -0.2) is 0 Å². The van der Waals surface area contributed by atoms with Crippen LogP contribution in [0.5, 0.6) is 0 Å². The molecule has 0 bridgehead atoms. The SMILES string of the molecule is CC1C(=O)NCCN1c1cc(C(=O)N(C)C)ccc1N. The van der Waals surface area contributed by atoms with Crippen LogP contribution < -0.4 is 16.0 Å². The third-order valence-corrected chi connectivity index (χ3v) is 3.49. The molecule has 0 aromatic heterocycles. The summed E-state index contributed by atoms with van der Waals surface area (Å²) in [5, 5.41) is 2.81. The topological polar surface area (TPSA) is 78.7 Å². The largest absolute Gasteiger partial charge is 0.397 e. The van der Waals surface area contributed by atoms with Crippen LogP contribution in [0.2, 0.25) is 0 Å². The number of anilines is 2. The highest BCUT2D eigenvalue weighted by Crippen LogP contribution is 2.27. The van der Waals surface area contributed by atoms with Crippen molar-refractivity contribution in [2.45, 2.75) is 13.0 Å². The van der Waals surface area contributed by atoms with E-state index in [1.165, 1.54) is 4.90 Å². The minimum absolute atomic E-state index is 0.0278. The first-order chi connectivity index (χ1) is 9.41. The third-order valence-electron chi connectivity index (χ3n) is 3.49. The van der Waals surface area contributed by atoms with Crippen molar-refractivity contribution in [3.05, 3.63) is 23.8 Å². The number of carbonyl (C=O) groups is 2. The van der Waals surface area contributed by atoms with Crippen LogP contribution in [0.4, 0.5) is 11.4 Å². The molecule has 1 atom stereocenters. The molecule has 0 saturated carbocycles. The lowest BCUT2D eigenvalue weighted by Crippen LogP contribution is -2.54. The van der Waals surface area contributed by atoms with Gasteiger partial charge in [-0.2, -0.15) is 0 Å². The molecule has 6 nitrogen and oxygen atoms in total. The van der Waals surface area contributed by atoms with Crippen LogP contribution in [0.3, 0.4) is 0 Å². The van der Waals surface area contributed by atoms with Crippen molar-refractivity contribution in [1.82, 2.24) is 10.2 Å². The standard InChI is InChI=1S/C14H20N4O2/c1-9-13(19)16-6-7-18(9)12-8-10(4-5-11(12)15)14(20)17(2)3/h4-5,8-9H,6-7,15H2,1-3H3,(H,16,19). The van der Waals surface area contributed by atoms with Crippen molar-refractivity contribution in [3.8, 4) is 0 Å². The van der Waals surface area contributed by atoms with Gasteiger partial charge < -0.3 is 20.9 Å². The predicted molar refractivity (Wildman–Crippen MR) is 78.7 cm³/mol. The van der Waals surface area contributed by atoms with E-state index in [1.54, 1.807) is 32.3 Å². The maximum atomic E-state index is 12.0. The highest BCUT2D eigenvalue weighted by Gasteiger charge is 2.27. The van der Waals surface area contributed by atoms with Crippen LogP contribution >= 0.6 is 0 Å². The highest BCUT2D eigenvalue weighted by atomic mass is 16.2. The van der Waals surface area contributed by atoms with Crippen molar-refractivity contribution < 1.29 is 9.59 Å². The minimum Gasteiger partial charge on any atom is -0.397 e. The van der Waals surface area contributed by atoms with Gasteiger partial charge in [-0.05, 0) is 25.1 Å². The summed E-state index contributed by atoms with van der Waals surface area (Å²) in [6.45, 7) is 3.08. The molecule has 0 radical (unpaired) electrons. The lowest BCUT2D eigenvalue weighted by molar-refractivity contribution is -0.122. The second-order valence-corrected chi connectivity index (χ2v) is 5.13. The van der Waals surface area contributed by atoms with Crippen LogP contribution in [-0.4, -0.2) is 49.9 Å². The highest BCUT2D eigenvalue weighted by molar-refractivity contribution is 5.96. The van der Waals surface area contributed by atoms with E-state index in [2.05, 4.69) is 5.32 Å². The van der Waals surface area contributed by atoms with Gasteiger partial charge in [0.25, 0.3) is 5.91 Å². The smallest absolute Gasteiger partial charge is 0.253 e. The average Bonchev–Trinajstić information content (AvgIpc) is 2.42. The van der Waals surface area contributed by atoms with E-state index in [0.717, 1.165) is 5.69 Å². The molecule has 20 heavy (non-hydrogen) atoms. The number of nitrogens with zero attached hydrogens (tertiary/aromatic N) is 2. The number of amides is 2. The Hall–Kier alpha value is -2.24. The van der Waals surface area contributed by atoms with Gasteiger partial charge in [0.05, 0.1) is 11.4 Å². The molecule has 0 aliphatic carbocycles. The van der Waals surface area contributed by atoms with Gasteiger partial charge in [-0.3, -0.25) is 9.59 Å². The first-order valence-electron chi connectivity index (χ1n) is 6.57. The molecule has 1 aliphatic rings. The molecule has 1 aromatic carbocycles. The number of benzene rings is 1. The van der Waals surface area contributed by atoms with Crippen molar-refractivity contribution in [2.24, 2.45) is 0 Å². The molecule has 3 N–H and O–H groups in total. The van der Waals surface area contributed by atoms with Crippen LogP contribution in [0.15, 0.2) is 18.2 Å². The number of nitrogen functional groups attached to an aromatic ring is 1. The number of piperazine rings is 1. The molecule has 1 heterocycles. The maximum Gasteiger partial charge on any atom is 0.253 e. The first kappa shape index (κ1) is 14.2. The van der Waals surface area contributed by atoms with Gasteiger partial charge >= 0.3 is 0 Å². The molecular weight excluding hydrogens is 256 g/mol. The number of nitrogens with two attached hydrogens (primary N) is 1. The number of hydrogen-bond acceptors (Lipinski definition) is 4. The number of hydrogen-bond donors (Lipinski definition) is 2. The molecule has 2 rings (SSSR count). The minimum atomic E-state index is -0.296. The van der Waals surface area contributed by atoms with E-state index < -0.39 is 0 Å². The van der Waals surface area contributed by atoms with Crippen LogP contribution in [0, 0.1) is 0 Å². The Morgan fingerprint density at radius 2 is 2.15 bits per heavy atom. The van der Waals surface area contributed by atoms with E-state index >= 15 is 0 Å². The quantitative estimate of drug-likeness (QED) is 0.761. The third kappa shape index (κ3) is 2.54. The second-order valence-electron chi connectivity index (χ2n) is 5.13. The Balaban J connectivity index is 2.38. The fourth-order valence-corrected chi connectivity index (χ4v) is 2.30. The van der Waals surface area contributed by atoms with Gasteiger partial charge in [0.2, 0.25) is 5.91 Å². The summed E-state index contributed by atoms with van der Waals surface area (Å²) in [5.74, 6) is -0.111. The van der Waals surface area contributed by atoms with Crippen LogP contribution in [-0.2, 0) is 4.79 Å². The monoisotopic (exact) mass is 276 g/mol. The van der Waals surface area contributed by atoms with Gasteiger partial charge in [0.15, 0.2) is 0 Å². The molecule has 2 amide bonds. The fraction of sp³-hybridized carbons (Fsp3) is 0.429. The van der Waals surface area contributed by atoms with Crippen molar-refractivity contribution in [1.29, 1.82) is 0 Å². The lowest BCUT2D eigenvalue weighted by atomic mass is 10.1. The van der Waals surface area contributed by atoms with E-state index in [4.69, 9.17) is 5.73 Å². The fourth-order valence-electron chi connectivity index (χ4n) is 2.30. The Kier molecular flexibility index (Phi) is 3.83. The van der Waals surface area contributed by atoms with Gasteiger partial charge in [-0.15, -0.1) is 0 Å². The second kappa shape index (κ2) is 5.40. The Bertz CT molecular complexity index is 542. The Morgan fingerprint density at radius 1 is 1.45 bits per heavy atom. The summed E-state index contributed by atoms with van der Waals surface area (Å²) in [6.07, 6.45) is 0. The van der Waals surface area contributed by atoms with E-state index in [1.807, 2.05) is 11.8 Å². The van der Waals surface area contributed by atoms with Gasteiger partial charge in [0, 0.05) is 32.7 Å². The van der Waals surface area contributed by atoms with E-state index in [0.29, 0.717) is 24.3 Å². The molecular formula is C14H20N4O2. The van der Waals surface area contributed by atoms with Crippen molar-refractivity contribution in [2.75, 3.05) is 37.8 Å². The molecule has 0 spiro atoms. The maximum absolute atomic E-state index is 12.0. The number of nitrogens with one attached hydrogen (secondary N) is 1. The zero-order valence-electron chi connectivity index (χ0n) is 12.0. The van der Waals surface area contributed by atoms with E-state index in [9.17, 15) is 9.59 Å². The number of carbonyl (C=O) groups excluding carboxylic acids is 2. The Morgan fingerprint density at radius 3 is 2.80 bits per heavy atom. The Labute approximate surface area is 118 Å². The van der Waals surface area contributed by atoms with Gasteiger partial charge in [-0.1, -0.05) is 0 Å². The summed E-state index contributed by atoms with van der Waals surface area (Å²) in [6, 6.07) is 4.88. The normalized spacial score (nSPS) is 18.6. The zero-order valence-corrected chi connectivity index (χ0v) is 12.0. The molecule has 1 unspecified atom stereocenters. The van der Waals surface area contributed by atoms with Crippen molar-refractivity contribution in [3.63, 3.8) is 0 Å². The van der Waals surface area contributed by atoms with Gasteiger partial charge in [0.1, 0.15) is 6.04 Å². The first-order valence-corrected chi connectivity index (χ1v) is 6.57. The molecule has 1 aromatic rings. The van der Waals surface area contributed by atoms with E-state index in [-0.39, 0.29) is 17.9 Å². The summed E-state index contributed by atoms with van der Waals surface area (Å²) < 4.78 is 0. The lowest BCUT2D eigenvalue weighted by Gasteiger charge is -2.35. The molecule has 1 saturated heterocycles. The molecule has 1 fully saturated rings. The molecule has 1 aliphatic heterocycles. The molecule has 6 heteroatoms. The average molecular weight is 276 g/mol. The van der Waals surface area contributed by atoms with Crippen LogP contribution in [0.25, 0.3) is 0 Å². The van der Waals surface area contributed by atoms with Crippen LogP contribution in [0.1, 0.15) is 17.3 Å². The summed E-state index contributed by atoms with van der Waals surface area (Å²) in [5.41, 5.74) is 7.88. The summed E-state index contributed by atoms with van der Waals surface area (Å²) in [7, 11) is 3.41. The number of rotatable bonds is 2. The zero-order chi connectivity index (χ0) is 14.9. The molecule has 108 valence electrons. The summed E-state index contributed by atoms with van der Waals surface area (Å²) >= 11 is 0.